The standard InChI is InChI=1S/C22H28N2O3/c1-26-20-9-4-3-8-16(20)19(24-11-5-2-6-12-24)15-23-22(25)18-14-17(18)21-10-7-13-27-21/h3-4,7-10,13,17-19H,2,5-6,11-12,14-15H2,1H3,(H,23,25). The van der Waals surface area contributed by atoms with Gasteiger partial charge in [-0.05, 0) is 50.6 Å². The lowest BCUT2D eigenvalue weighted by Gasteiger charge is -2.35. The lowest BCUT2D eigenvalue weighted by molar-refractivity contribution is -0.122. The summed E-state index contributed by atoms with van der Waals surface area (Å²) in [6, 6.07) is 12.2. The zero-order chi connectivity index (χ0) is 18.6. The van der Waals surface area contributed by atoms with Gasteiger partial charge in [0.25, 0.3) is 0 Å². The van der Waals surface area contributed by atoms with Crippen LogP contribution < -0.4 is 10.1 Å². The molecule has 1 aromatic carbocycles. The van der Waals surface area contributed by atoms with E-state index in [0.717, 1.165) is 36.6 Å². The summed E-state index contributed by atoms with van der Waals surface area (Å²) in [6.07, 6.45) is 6.26. The van der Waals surface area contributed by atoms with Gasteiger partial charge in [0.2, 0.25) is 5.91 Å². The van der Waals surface area contributed by atoms with Crippen LogP contribution >= 0.6 is 0 Å². The maximum absolute atomic E-state index is 12.7. The normalized spacial score (nSPS) is 23.6. The number of nitrogens with zero attached hydrogens (tertiary/aromatic N) is 1. The van der Waals surface area contributed by atoms with Gasteiger partial charge >= 0.3 is 0 Å². The van der Waals surface area contributed by atoms with E-state index in [1.165, 1.54) is 19.3 Å². The van der Waals surface area contributed by atoms with Crippen molar-refractivity contribution in [3.8, 4) is 5.75 Å². The Morgan fingerprint density at radius 2 is 2.04 bits per heavy atom. The zero-order valence-electron chi connectivity index (χ0n) is 15.9. The highest BCUT2D eigenvalue weighted by atomic mass is 16.5. The Hall–Kier alpha value is -2.27. The van der Waals surface area contributed by atoms with Gasteiger partial charge in [-0.3, -0.25) is 9.69 Å². The fourth-order valence-electron chi connectivity index (χ4n) is 4.24. The molecule has 1 saturated carbocycles. The van der Waals surface area contributed by atoms with Crippen LogP contribution in [0.2, 0.25) is 0 Å². The molecular weight excluding hydrogens is 340 g/mol. The molecule has 2 fully saturated rings. The zero-order valence-corrected chi connectivity index (χ0v) is 15.9. The van der Waals surface area contributed by atoms with E-state index in [0.29, 0.717) is 6.54 Å². The van der Waals surface area contributed by atoms with Crippen molar-refractivity contribution in [1.29, 1.82) is 0 Å². The maximum atomic E-state index is 12.7. The van der Waals surface area contributed by atoms with E-state index in [1.54, 1.807) is 13.4 Å². The first-order valence-corrected chi connectivity index (χ1v) is 9.96. The van der Waals surface area contributed by atoms with Crippen LogP contribution in [-0.4, -0.2) is 37.6 Å². The summed E-state index contributed by atoms with van der Waals surface area (Å²) in [5.74, 6) is 2.22. The molecule has 27 heavy (non-hydrogen) atoms. The smallest absolute Gasteiger partial charge is 0.223 e. The van der Waals surface area contributed by atoms with Crippen molar-refractivity contribution in [2.45, 2.75) is 37.6 Å². The number of carbonyl (C=O) groups excluding carboxylic acids is 1. The van der Waals surface area contributed by atoms with Crippen molar-refractivity contribution in [2.24, 2.45) is 5.92 Å². The first-order chi connectivity index (χ1) is 13.3. The first-order valence-electron chi connectivity index (χ1n) is 9.96. The first kappa shape index (κ1) is 18.1. The summed E-state index contributed by atoms with van der Waals surface area (Å²) < 4.78 is 11.1. The second kappa shape index (κ2) is 8.17. The highest BCUT2D eigenvalue weighted by molar-refractivity contribution is 5.82. The fourth-order valence-corrected chi connectivity index (χ4v) is 4.24. The van der Waals surface area contributed by atoms with Gasteiger partial charge in [0.05, 0.1) is 19.4 Å². The van der Waals surface area contributed by atoms with Crippen molar-refractivity contribution in [3.63, 3.8) is 0 Å². The highest BCUT2D eigenvalue weighted by Gasteiger charge is 2.46. The molecule has 0 radical (unpaired) electrons. The fraction of sp³-hybridized carbons (Fsp3) is 0.500. The largest absolute Gasteiger partial charge is 0.496 e. The van der Waals surface area contributed by atoms with Gasteiger partial charge in [0.15, 0.2) is 0 Å². The van der Waals surface area contributed by atoms with E-state index >= 15 is 0 Å². The molecule has 1 aromatic heterocycles. The number of rotatable bonds is 7. The molecule has 5 heteroatoms. The summed E-state index contributed by atoms with van der Waals surface area (Å²) in [4.78, 5) is 15.2. The molecule has 4 rings (SSSR count). The van der Waals surface area contributed by atoms with Gasteiger partial charge in [0, 0.05) is 23.9 Å². The third-order valence-corrected chi connectivity index (χ3v) is 5.83. The molecule has 2 aromatic rings. The summed E-state index contributed by atoms with van der Waals surface area (Å²) >= 11 is 0. The second-order valence-electron chi connectivity index (χ2n) is 7.56. The minimum atomic E-state index is 0.0378. The lowest BCUT2D eigenvalue weighted by atomic mass is 10.0. The summed E-state index contributed by atoms with van der Waals surface area (Å²) in [7, 11) is 1.71. The van der Waals surface area contributed by atoms with Crippen molar-refractivity contribution >= 4 is 5.91 Å². The minimum Gasteiger partial charge on any atom is -0.496 e. The average Bonchev–Trinajstić information content (AvgIpc) is 3.34. The van der Waals surface area contributed by atoms with Crippen molar-refractivity contribution in [2.75, 3.05) is 26.7 Å². The van der Waals surface area contributed by atoms with E-state index in [2.05, 4.69) is 16.3 Å². The Labute approximate surface area is 160 Å². The Bertz CT molecular complexity index is 753. The number of benzene rings is 1. The number of para-hydroxylation sites is 1. The van der Waals surface area contributed by atoms with E-state index in [-0.39, 0.29) is 23.8 Å². The molecule has 1 aliphatic carbocycles. The molecule has 1 amide bonds. The quantitative estimate of drug-likeness (QED) is 0.809. The molecule has 5 nitrogen and oxygen atoms in total. The third-order valence-electron chi connectivity index (χ3n) is 5.83. The Morgan fingerprint density at radius 3 is 2.78 bits per heavy atom. The van der Waals surface area contributed by atoms with Crippen LogP contribution in [0.25, 0.3) is 0 Å². The second-order valence-corrected chi connectivity index (χ2v) is 7.56. The molecular formula is C22H28N2O3. The summed E-state index contributed by atoms with van der Waals surface area (Å²) in [5, 5.41) is 3.21. The number of carbonyl (C=O) groups is 1. The van der Waals surface area contributed by atoms with Crippen molar-refractivity contribution in [3.05, 3.63) is 54.0 Å². The minimum absolute atomic E-state index is 0.0378. The van der Waals surface area contributed by atoms with Gasteiger partial charge in [-0.25, -0.2) is 0 Å². The number of amides is 1. The summed E-state index contributed by atoms with van der Waals surface area (Å²) in [6.45, 7) is 2.74. The van der Waals surface area contributed by atoms with Crippen molar-refractivity contribution in [1.82, 2.24) is 10.2 Å². The van der Waals surface area contributed by atoms with Gasteiger partial charge < -0.3 is 14.5 Å². The predicted octanol–water partition coefficient (Wildman–Crippen LogP) is 3.74. The molecule has 144 valence electrons. The van der Waals surface area contributed by atoms with Crippen LogP contribution in [0, 0.1) is 5.92 Å². The van der Waals surface area contributed by atoms with E-state index < -0.39 is 0 Å². The van der Waals surface area contributed by atoms with Gasteiger partial charge in [-0.1, -0.05) is 24.6 Å². The monoisotopic (exact) mass is 368 g/mol. The Morgan fingerprint density at radius 1 is 1.22 bits per heavy atom. The summed E-state index contributed by atoms with van der Waals surface area (Å²) in [5.41, 5.74) is 1.15. The van der Waals surface area contributed by atoms with E-state index in [4.69, 9.17) is 9.15 Å². The molecule has 0 bridgehead atoms. The SMILES string of the molecule is COc1ccccc1C(CNC(=O)C1CC1c1ccco1)N1CCCCC1. The number of hydrogen-bond acceptors (Lipinski definition) is 4. The molecule has 1 saturated heterocycles. The lowest BCUT2D eigenvalue weighted by Crippen LogP contribution is -2.41. The molecule has 1 N–H and O–H groups in total. The van der Waals surface area contributed by atoms with E-state index in [1.807, 2.05) is 30.3 Å². The molecule has 0 spiro atoms. The Balaban J connectivity index is 1.44. The number of furan rings is 1. The number of nitrogens with one attached hydrogen (secondary N) is 1. The van der Waals surface area contributed by atoms with Crippen LogP contribution in [0.15, 0.2) is 47.1 Å². The van der Waals surface area contributed by atoms with Crippen molar-refractivity contribution < 1.29 is 13.9 Å². The van der Waals surface area contributed by atoms with Crippen LogP contribution in [0.1, 0.15) is 49.0 Å². The maximum Gasteiger partial charge on any atom is 0.223 e. The number of methoxy groups -OCH3 is 1. The van der Waals surface area contributed by atoms with Gasteiger partial charge in [-0.2, -0.15) is 0 Å². The van der Waals surface area contributed by atoms with Crippen LogP contribution in [0.4, 0.5) is 0 Å². The number of hydrogen-bond donors (Lipinski definition) is 1. The number of likely N-dealkylation sites (tertiary alicyclic amines) is 1. The number of piperidine rings is 1. The average molecular weight is 368 g/mol. The van der Waals surface area contributed by atoms with Crippen LogP contribution in [0.5, 0.6) is 5.75 Å². The van der Waals surface area contributed by atoms with Gasteiger partial charge in [0.1, 0.15) is 11.5 Å². The number of ether oxygens (including phenoxy) is 1. The topological polar surface area (TPSA) is 54.7 Å². The molecule has 2 heterocycles. The van der Waals surface area contributed by atoms with Crippen LogP contribution in [-0.2, 0) is 4.79 Å². The molecule has 1 aliphatic heterocycles. The molecule has 3 unspecified atom stereocenters. The third kappa shape index (κ3) is 4.03. The van der Waals surface area contributed by atoms with Gasteiger partial charge in [-0.15, -0.1) is 0 Å². The highest BCUT2D eigenvalue weighted by Crippen LogP contribution is 2.47. The predicted molar refractivity (Wildman–Crippen MR) is 104 cm³/mol. The van der Waals surface area contributed by atoms with Crippen LogP contribution in [0.3, 0.4) is 0 Å². The Kier molecular flexibility index (Phi) is 5.48. The molecule has 2 aliphatic rings. The molecule has 3 atom stereocenters. The van der Waals surface area contributed by atoms with E-state index in [9.17, 15) is 4.79 Å².